The van der Waals surface area contributed by atoms with Gasteiger partial charge in [-0.15, -0.1) is 11.3 Å². The standard InChI is InChI=1S/C11H6BrF2NOS/c1-5(16)8-4-15-11(17-8)6-2-3-7(13)10(14)9(6)12/h2-4H,1H3. The largest absolute Gasteiger partial charge is 0.294 e. The lowest BCUT2D eigenvalue weighted by atomic mass is 10.2. The Balaban J connectivity index is 2.53. The Kier molecular flexibility index (Phi) is 3.35. The fourth-order valence-corrected chi connectivity index (χ4v) is 2.74. The molecule has 0 radical (unpaired) electrons. The van der Waals surface area contributed by atoms with Crippen LogP contribution in [0.3, 0.4) is 0 Å². The summed E-state index contributed by atoms with van der Waals surface area (Å²) in [6.45, 7) is 1.43. The summed E-state index contributed by atoms with van der Waals surface area (Å²) in [7, 11) is 0. The zero-order chi connectivity index (χ0) is 12.6. The number of nitrogens with zero attached hydrogens (tertiary/aromatic N) is 1. The van der Waals surface area contributed by atoms with Crippen LogP contribution in [0.2, 0.25) is 0 Å². The molecule has 0 saturated heterocycles. The first-order valence-electron chi connectivity index (χ1n) is 4.61. The number of rotatable bonds is 2. The van der Waals surface area contributed by atoms with Crippen LogP contribution in [0.1, 0.15) is 16.6 Å². The second-order valence-corrected chi connectivity index (χ2v) is 5.13. The third kappa shape index (κ3) is 2.28. The van der Waals surface area contributed by atoms with E-state index in [1.807, 2.05) is 0 Å². The van der Waals surface area contributed by atoms with E-state index in [4.69, 9.17) is 0 Å². The number of carbonyl (C=O) groups is 1. The molecule has 2 rings (SSSR count). The lowest BCUT2D eigenvalue weighted by Crippen LogP contribution is -1.88. The molecular weight excluding hydrogens is 312 g/mol. The Labute approximate surface area is 108 Å². The van der Waals surface area contributed by atoms with Gasteiger partial charge in [0.1, 0.15) is 5.01 Å². The van der Waals surface area contributed by atoms with Gasteiger partial charge in [0.15, 0.2) is 17.4 Å². The van der Waals surface area contributed by atoms with Crippen molar-refractivity contribution in [3.63, 3.8) is 0 Å². The monoisotopic (exact) mass is 317 g/mol. The van der Waals surface area contributed by atoms with Gasteiger partial charge in [0.05, 0.1) is 9.35 Å². The summed E-state index contributed by atoms with van der Waals surface area (Å²) in [5.74, 6) is -1.99. The maximum Gasteiger partial charge on any atom is 0.173 e. The van der Waals surface area contributed by atoms with Gasteiger partial charge in [0, 0.05) is 18.7 Å². The SMILES string of the molecule is CC(=O)c1cnc(-c2ccc(F)c(F)c2Br)s1. The molecule has 0 atom stereocenters. The summed E-state index contributed by atoms with van der Waals surface area (Å²) in [4.78, 5) is 15.6. The highest BCUT2D eigenvalue weighted by Gasteiger charge is 2.15. The molecule has 1 aromatic carbocycles. The van der Waals surface area contributed by atoms with Crippen molar-refractivity contribution in [1.82, 2.24) is 4.98 Å². The van der Waals surface area contributed by atoms with Crippen molar-refractivity contribution in [3.05, 3.63) is 39.3 Å². The van der Waals surface area contributed by atoms with Gasteiger partial charge in [-0.1, -0.05) is 0 Å². The molecule has 0 aliphatic heterocycles. The topological polar surface area (TPSA) is 30.0 Å². The summed E-state index contributed by atoms with van der Waals surface area (Å²) >= 11 is 4.12. The molecule has 1 heterocycles. The minimum absolute atomic E-state index is 0.0157. The molecule has 0 N–H and O–H groups in total. The van der Waals surface area contributed by atoms with Crippen LogP contribution in [-0.4, -0.2) is 10.8 Å². The quantitative estimate of drug-likeness (QED) is 0.617. The van der Waals surface area contributed by atoms with Crippen molar-refractivity contribution < 1.29 is 13.6 Å². The Bertz CT molecular complexity index is 597. The molecule has 0 saturated carbocycles. The summed E-state index contributed by atoms with van der Waals surface area (Å²) in [6.07, 6.45) is 1.43. The zero-order valence-corrected chi connectivity index (χ0v) is 11.0. The Morgan fingerprint density at radius 2 is 2.12 bits per heavy atom. The highest BCUT2D eigenvalue weighted by atomic mass is 79.9. The van der Waals surface area contributed by atoms with E-state index >= 15 is 0 Å². The van der Waals surface area contributed by atoms with Crippen LogP contribution in [0.25, 0.3) is 10.6 Å². The predicted octanol–water partition coefficient (Wildman–Crippen LogP) is 4.05. The third-order valence-corrected chi connectivity index (χ3v) is 4.03. The molecule has 6 heteroatoms. The van der Waals surface area contributed by atoms with E-state index in [9.17, 15) is 13.6 Å². The van der Waals surface area contributed by atoms with Gasteiger partial charge in [0.2, 0.25) is 0 Å². The molecule has 0 fully saturated rings. The molecule has 2 nitrogen and oxygen atoms in total. The molecular formula is C11H6BrF2NOS. The average Bonchev–Trinajstić information content (AvgIpc) is 2.75. The molecule has 0 aliphatic carbocycles. The molecule has 0 aliphatic rings. The lowest BCUT2D eigenvalue weighted by molar-refractivity contribution is 0.102. The van der Waals surface area contributed by atoms with Crippen LogP contribution in [-0.2, 0) is 0 Å². The molecule has 0 spiro atoms. The maximum atomic E-state index is 13.3. The molecule has 1 aromatic heterocycles. The van der Waals surface area contributed by atoms with E-state index in [2.05, 4.69) is 20.9 Å². The molecule has 0 bridgehead atoms. The maximum absolute atomic E-state index is 13.3. The number of carbonyl (C=O) groups excluding carboxylic acids is 1. The fourth-order valence-electron chi connectivity index (χ4n) is 1.25. The number of hydrogen-bond donors (Lipinski definition) is 0. The minimum atomic E-state index is -0.956. The molecule has 17 heavy (non-hydrogen) atoms. The second kappa shape index (κ2) is 4.62. The Morgan fingerprint density at radius 1 is 1.41 bits per heavy atom. The highest BCUT2D eigenvalue weighted by Crippen LogP contribution is 2.34. The first kappa shape index (κ1) is 12.3. The van der Waals surface area contributed by atoms with Crippen molar-refractivity contribution in [3.8, 4) is 10.6 Å². The number of thiazole rings is 1. The Hall–Kier alpha value is -1.14. The van der Waals surface area contributed by atoms with Crippen LogP contribution in [0.15, 0.2) is 22.8 Å². The van der Waals surface area contributed by atoms with Crippen LogP contribution in [0, 0.1) is 11.6 Å². The lowest BCUT2D eigenvalue weighted by Gasteiger charge is -2.02. The van der Waals surface area contributed by atoms with Crippen molar-refractivity contribution in [2.24, 2.45) is 0 Å². The number of Topliss-reactive ketones (excluding diaryl/α,β-unsaturated/α-hetero) is 1. The Morgan fingerprint density at radius 3 is 2.71 bits per heavy atom. The average molecular weight is 318 g/mol. The molecule has 0 unspecified atom stereocenters. The predicted molar refractivity (Wildman–Crippen MR) is 65.2 cm³/mol. The van der Waals surface area contributed by atoms with E-state index in [1.165, 1.54) is 19.2 Å². The summed E-state index contributed by atoms with van der Waals surface area (Å²) < 4.78 is 26.3. The number of hydrogen-bond acceptors (Lipinski definition) is 3. The van der Waals surface area contributed by atoms with Gasteiger partial charge in [-0.2, -0.15) is 0 Å². The smallest absolute Gasteiger partial charge is 0.173 e. The minimum Gasteiger partial charge on any atom is -0.294 e. The second-order valence-electron chi connectivity index (χ2n) is 3.31. The first-order chi connectivity index (χ1) is 8.00. The van der Waals surface area contributed by atoms with Gasteiger partial charge in [-0.25, -0.2) is 13.8 Å². The van der Waals surface area contributed by atoms with E-state index in [-0.39, 0.29) is 10.3 Å². The normalized spacial score (nSPS) is 10.6. The molecule has 2 aromatic rings. The van der Waals surface area contributed by atoms with E-state index in [0.29, 0.717) is 15.4 Å². The first-order valence-corrected chi connectivity index (χ1v) is 6.22. The van der Waals surface area contributed by atoms with Crippen molar-refractivity contribution >= 4 is 33.0 Å². The van der Waals surface area contributed by atoms with E-state index < -0.39 is 11.6 Å². The highest BCUT2D eigenvalue weighted by molar-refractivity contribution is 9.10. The summed E-state index contributed by atoms with van der Waals surface area (Å²) in [6, 6.07) is 2.45. The zero-order valence-electron chi connectivity index (χ0n) is 8.63. The van der Waals surface area contributed by atoms with Gasteiger partial charge < -0.3 is 0 Å². The van der Waals surface area contributed by atoms with E-state index in [1.54, 1.807) is 0 Å². The van der Waals surface area contributed by atoms with Gasteiger partial charge in [-0.05, 0) is 28.1 Å². The van der Waals surface area contributed by atoms with Gasteiger partial charge in [-0.3, -0.25) is 4.79 Å². The number of ketones is 1. The number of benzene rings is 1. The van der Waals surface area contributed by atoms with Crippen LogP contribution < -0.4 is 0 Å². The van der Waals surface area contributed by atoms with Crippen molar-refractivity contribution in [2.45, 2.75) is 6.92 Å². The number of halogens is 3. The van der Waals surface area contributed by atoms with Crippen molar-refractivity contribution in [2.75, 3.05) is 0 Å². The van der Waals surface area contributed by atoms with Crippen LogP contribution in [0.5, 0.6) is 0 Å². The fraction of sp³-hybridized carbons (Fsp3) is 0.0909. The number of aromatic nitrogens is 1. The van der Waals surface area contributed by atoms with Crippen LogP contribution >= 0.6 is 27.3 Å². The van der Waals surface area contributed by atoms with Crippen molar-refractivity contribution in [1.29, 1.82) is 0 Å². The third-order valence-electron chi connectivity index (χ3n) is 2.12. The summed E-state index contributed by atoms with van der Waals surface area (Å²) in [5.41, 5.74) is 0.432. The van der Waals surface area contributed by atoms with Crippen LogP contribution in [0.4, 0.5) is 8.78 Å². The summed E-state index contributed by atoms with van der Waals surface area (Å²) in [5, 5.41) is 0.473. The molecule has 88 valence electrons. The molecule has 0 amide bonds. The van der Waals surface area contributed by atoms with E-state index in [0.717, 1.165) is 17.4 Å². The van der Waals surface area contributed by atoms with Gasteiger partial charge >= 0.3 is 0 Å². The van der Waals surface area contributed by atoms with Gasteiger partial charge in [0.25, 0.3) is 0 Å².